The third-order valence-electron chi connectivity index (χ3n) is 2.47. The number of hydrogen-bond donors (Lipinski definition) is 1. The van der Waals surface area contributed by atoms with E-state index in [1.807, 2.05) is 24.3 Å². The van der Waals surface area contributed by atoms with Gasteiger partial charge in [0.05, 0.1) is 13.7 Å². The average molecular weight is 475 g/mol. The van der Waals surface area contributed by atoms with Gasteiger partial charge in [0.2, 0.25) is 0 Å². The first-order valence-electron chi connectivity index (χ1n) is 5.04. The highest BCUT2D eigenvalue weighted by molar-refractivity contribution is 9.12. The highest BCUT2D eigenvalue weighted by atomic mass is 79.9. The Balaban J connectivity index is 2.21. The number of aliphatic hydroxyl groups excluding tert-OH is 1. The zero-order valence-electron chi connectivity index (χ0n) is 8.96. The molecule has 0 saturated heterocycles. The number of halogens is 4. The van der Waals surface area contributed by atoms with Crippen LogP contribution in [0.3, 0.4) is 0 Å². The van der Waals surface area contributed by atoms with E-state index in [0.717, 1.165) is 23.2 Å². The summed E-state index contributed by atoms with van der Waals surface area (Å²) < 4.78 is 2.87. The fourth-order valence-corrected chi connectivity index (χ4v) is 5.29. The van der Waals surface area contributed by atoms with Gasteiger partial charge in [-0.05, 0) is 55.6 Å². The van der Waals surface area contributed by atoms with Gasteiger partial charge in [-0.15, -0.1) is 11.3 Å². The summed E-state index contributed by atoms with van der Waals surface area (Å²) in [5.74, 6) is 0. The summed E-state index contributed by atoms with van der Waals surface area (Å²) in [6.45, 7) is 0. The second-order valence-corrected chi connectivity index (χ2v) is 8.81. The maximum absolute atomic E-state index is 10.2. The minimum atomic E-state index is -0.569. The maximum Gasteiger partial charge on any atom is 0.0850 e. The molecule has 2 aromatic rings. The van der Waals surface area contributed by atoms with Gasteiger partial charge in [-0.1, -0.05) is 33.6 Å². The molecule has 1 aromatic carbocycles. The molecular weight excluding hydrogens is 467 g/mol. The molecule has 0 aliphatic rings. The van der Waals surface area contributed by atoms with Crippen LogP contribution in [0.1, 0.15) is 17.2 Å². The van der Waals surface area contributed by atoms with Crippen molar-refractivity contribution < 1.29 is 5.11 Å². The van der Waals surface area contributed by atoms with Gasteiger partial charge < -0.3 is 5.11 Å². The van der Waals surface area contributed by atoms with Crippen molar-refractivity contribution in [3.8, 4) is 0 Å². The van der Waals surface area contributed by atoms with Crippen molar-refractivity contribution in [2.75, 3.05) is 0 Å². The van der Waals surface area contributed by atoms with Crippen molar-refractivity contribution >= 4 is 70.7 Å². The predicted octanol–water partition coefficient (Wildman–Crippen LogP) is 5.97. The lowest BCUT2D eigenvalue weighted by Gasteiger charge is -2.11. The van der Waals surface area contributed by atoms with Crippen LogP contribution in [0.15, 0.2) is 36.3 Å². The molecule has 2 rings (SSSR count). The van der Waals surface area contributed by atoms with Crippen LogP contribution >= 0.6 is 70.7 Å². The molecule has 1 N–H and O–H groups in total. The van der Waals surface area contributed by atoms with E-state index in [-0.39, 0.29) is 0 Å². The monoisotopic (exact) mass is 472 g/mol. The van der Waals surface area contributed by atoms with E-state index in [9.17, 15) is 5.11 Å². The number of hydrogen-bond acceptors (Lipinski definition) is 2. The van der Waals surface area contributed by atoms with E-state index >= 15 is 0 Å². The summed E-state index contributed by atoms with van der Waals surface area (Å²) in [6, 6.07) is 7.60. The van der Waals surface area contributed by atoms with E-state index < -0.39 is 6.10 Å². The van der Waals surface area contributed by atoms with Crippen LogP contribution in [-0.2, 0) is 6.42 Å². The van der Waals surface area contributed by atoms with Crippen molar-refractivity contribution in [1.82, 2.24) is 0 Å². The van der Waals surface area contributed by atoms with Crippen molar-refractivity contribution in [3.05, 3.63) is 52.5 Å². The minimum Gasteiger partial charge on any atom is -0.388 e. The van der Waals surface area contributed by atoms with Gasteiger partial charge in [-0.2, -0.15) is 0 Å². The summed E-state index contributed by atoms with van der Waals surface area (Å²) in [4.78, 5) is 0. The molecule has 1 atom stereocenters. The highest BCUT2D eigenvalue weighted by Gasteiger charge is 2.16. The van der Waals surface area contributed by atoms with Gasteiger partial charge in [-0.3, -0.25) is 0 Å². The molecule has 1 heterocycles. The Hall–Kier alpha value is 0.610. The van der Waals surface area contributed by atoms with E-state index in [1.165, 1.54) is 0 Å². The Morgan fingerprint density at radius 2 is 1.94 bits per heavy atom. The Morgan fingerprint density at radius 3 is 2.50 bits per heavy atom. The van der Waals surface area contributed by atoms with Crippen LogP contribution in [0.2, 0.25) is 5.02 Å². The molecule has 1 unspecified atom stereocenters. The van der Waals surface area contributed by atoms with Gasteiger partial charge in [0.25, 0.3) is 0 Å². The lowest BCUT2D eigenvalue weighted by Crippen LogP contribution is -2.01. The van der Waals surface area contributed by atoms with E-state index in [2.05, 4.69) is 47.8 Å². The molecule has 0 aliphatic carbocycles. The molecule has 18 heavy (non-hydrogen) atoms. The van der Waals surface area contributed by atoms with E-state index in [4.69, 9.17) is 11.6 Å². The number of thiophene rings is 1. The van der Waals surface area contributed by atoms with Gasteiger partial charge in [0.1, 0.15) is 0 Å². The van der Waals surface area contributed by atoms with Crippen LogP contribution < -0.4 is 0 Å². The molecule has 0 spiro atoms. The SMILES string of the molecule is OC(Cc1ccc(Br)cc1Cl)c1cc(Br)sc1Br. The summed E-state index contributed by atoms with van der Waals surface area (Å²) in [5.41, 5.74) is 1.81. The molecular formula is C12H8Br3ClOS. The molecule has 0 saturated carbocycles. The van der Waals surface area contributed by atoms with Crippen LogP contribution in [0.25, 0.3) is 0 Å². The quantitative estimate of drug-likeness (QED) is 0.581. The fraction of sp³-hybridized carbons (Fsp3) is 0.167. The smallest absolute Gasteiger partial charge is 0.0850 e. The zero-order chi connectivity index (χ0) is 13.3. The first kappa shape index (κ1) is 15.0. The zero-order valence-corrected chi connectivity index (χ0v) is 15.3. The lowest BCUT2D eigenvalue weighted by atomic mass is 10.0. The summed E-state index contributed by atoms with van der Waals surface area (Å²) in [7, 11) is 0. The largest absolute Gasteiger partial charge is 0.388 e. The predicted molar refractivity (Wildman–Crippen MR) is 87.5 cm³/mol. The molecule has 6 heteroatoms. The molecule has 0 bridgehead atoms. The van der Waals surface area contributed by atoms with Crippen molar-refractivity contribution in [2.24, 2.45) is 0 Å². The Morgan fingerprint density at radius 1 is 1.22 bits per heavy atom. The standard InChI is InChI=1S/C12H8Br3ClOS/c13-7-2-1-6(9(16)4-7)3-10(17)8-5-11(14)18-12(8)15/h1-2,4-5,10,17H,3H2. The molecule has 1 nitrogen and oxygen atoms in total. The van der Waals surface area contributed by atoms with E-state index in [1.54, 1.807) is 11.3 Å². The van der Waals surface area contributed by atoms with Crippen molar-refractivity contribution in [2.45, 2.75) is 12.5 Å². The van der Waals surface area contributed by atoms with Gasteiger partial charge in [0.15, 0.2) is 0 Å². The van der Waals surface area contributed by atoms with Crippen LogP contribution in [0.5, 0.6) is 0 Å². The second-order valence-electron chi connectivity index (χ2n) is 3.74. The maximum atomic E-state index is 10.2. The fourth-order valence-electron chi connectivity index (χ4n) is 1.59. The highest BCUT2D eigenvalue weighted by Crippen LogP contribution is 2.37. The first-order valence-corrected chi connectivity index (χ1v) is 8.61. The molecule has 1 aromatic heterocycles. The van der Waals surface area contributed by atoms with Crippen molar-refractivity contribution in [3.63, 3.8) is 0 Å². The Labute approximate surface area is 140 Å². The van der Waals surface area contributed by atoms with Gasteiger partial charge >= 0.3 is 0 Å². The summed E-state index contributed by atoms with van der Waals surface area (Å²) in [6.07, 6.45) is -0.0750. The number of aliphatic hydroxyl groups is 1. The first-order chi connectivity index (χ1) is 8.47. The van der Waals surface area contributed by atoms with E-state index in [0.29, 0.717) is 11.4 Å². The second kappa shape index (κ2) is 6.37. The van der Waals surface area contributed by atoms with Crippen LogP contribution in [-0.4, -0.2) is 5.11 Å². The topological polar surface area (TPSA) is 20.2 Å². The third-order valence-corrected chi connectivity index (χ3v) is 5.70. The summed E-state index contributed by atoms with van der Waals surface area (Å²) >= 11 is 17.9. The molecule has 0 amide bonds. The lowest BCUT2D eigenvalue weighted by molar-refractivity contribution is 0.178. The Kier molecular flexibility index (Phi) is 5.31. The summed E-state index contributed by atoms with van der Waals surface area (Å²) in [5, 5.41) is 10.9. The normalized spacial score (nSPS) is 12.7. The molecule has 0 radical (unpaired) electrons. The van der Waals surface area contributed by atoms with Crippen LogP contribution in [0.4, 0.5) is 0 Å². The average Bonchev–Trinajstić information content (AvgIpc) is 2.62. The molecule has 96 valence electrons. The van der Waals surface area contributed by atoms with Crippen LogP contribution in [0, 0.1) is 0 Å². The number of benzene rings is 1. The molecule has 0 aliphatic heterocycles. The Bertz CT molecular complexity index is 570. The third kappa shape index (κ3) is 3.58. The van der Waals surface area contributed by atoms with Gasteiger partial charge in [0, 0.05) is 21.5 Å². The molecule has 0 fully saturated rings. The van der Waals surface area contributed by atoms with Gasteiger partial charge in [-0.25, -0.2) is 0 Å². The number of rotatable bonds is 3. The minimum absolute atomic E-state index is 0.494. The van der Waals surface area contributed by atoms with Crippen molar-refractivity contribution in [1.29, 1.82) is 0 Å².